The van der Waals surface area contributed by atoms with Crippen molar-refractivity contribution in [2.24, 2.45) is 4.99 Å². The summed E-state index contributed by atoms with van der Waals surface area (Å²) in [7, 11) is 3.47. The van der Waals surface area contributed by atoms with Crippen LogP contribution in [0.5, 0.6) is 0 Å². The highest BCUT2D eigenvalue weighted by Gasteiger charge is 2.22. The van der Waals surface area contributed by atoms with Gasteiger partial charge in [0.25, 0.3) is 0 Å². The minimum atomic E-state index is -0.0268. The molecule has 0 bridgehead atoms. The fourth-order valence-electron chi connectivity index (χ4n) is 3.20. The van der Waals surface area contributed by atoms with E-state index in [1.165, 1.54) is 0 Å². The summed E-state index contributed by atoms with van der Waals surface area (Å²) in [6.07, 6.45) is 4.21. The van der Waals surface area contributed by atoms with E-state index in [9.17, 15) is 4.79 Å². The maximum absolute atomic E-state index is 11.9. The van der Waals surface area contributed by atoms with Crippen LogP contribution in [0.3, 0.4) is 0 Å². The summed E-state index contributed by atoms with van der Waals surface area (Å²) >= 11 is 0. The van der Waals surface area contributed by atoms with E-state index in [0.717, 1.165) is 50.5 Å². The molecule has 3 heterocycles. The molecule has 1 saturated heterocycles. The van der Waals surface area contributed by atoms with Gasteiger partial charge in [0.1, 0.15) is 18.2 Å². The van der Waals surface area contributed by atoms with Crippen LogP contribution < -0.4 is 10.6 Å². The highest BCUT2D eigenvalue weighted by Crippen LogP contribution is 2.13. The van der Waals surface area contributed by atoms with Crippen LogP contribution in [0, 0.1) is 6.92 Å². The smallest absolute Gasteiger partial charge is 0.243 e. The molecule has 0 radical (unpaired) electrons. The SMILES string of the molecule is Cc1nc2n(n1)CC(NC(=NCC(=O)N(C)C)NCC1CCCO1)CC2. The minimum Gasteiger partial charge on any atom is -0.376 e. The molecule has 1 fully saturated rings. The molecule has 144 valence electrons. The number of fused-ring (bicyclic) bond motifs is 1. The minimum absolute atomic E-state index is 0.0268. The zero-order valence-corrected chi connectivity index (χ0v) is 15.9. The number of nitrogens with zero attached hydrogens (tertiary/aromatic N) is 5. The number of guanidine groups is 1. The lowest BCUT2D eigenvalue weighted by Crippen LogP contribution is -2.49. The molecule has 2 aliphatic rings. The summed E-state index contributed by atoms with van der Waals surface area (Å²) in [5.41, 5.74) is 0. The zero-order chi connectivity index (χ0) is 18.5. The summed E-state index contributed by atoms with van der Waals surface area (Å²) in [5.74, 6) is 2.47. The number of rotatable bonds is 5. The molecule has 0 aromatic carbocycles. The first-order valence-electron chi connectivity index (χ1n) is 9.28. The van der Waals surface area contributed by atoms with E-state index in [1.54, 1.807) is 19.0 Å². The quantitative estimate of drug-likeness (QED) is 0.551. The van der Waals surface area contributed by atoms with Gasteiger partial charge in [-0.15, -0.1) is 0 Å². The Morgan fingerprint density at radius 2 is 2.27 bits per heavy atom. The molecule has 1 aromatic heterocycles. The molecule has 9 heteroatoms. The second-order valence-electron chi connectivity index (χ2n) is 7.11. The number of hydrogen-bond donors (Lipinski definition) is 2. The van der Waals surface area contributed by atoms with Crippen molar-refractivity contribution in [3.8, 4) is 0 Å². The van der Waals surface area contributed by atoms with Crippen LogP contribution in [0.4, 0.5) is 0 Å². The number of aryl methyl sites for hydroxylation is 2. The lowest BCUT2D eigenvalue weighted by atomic mass is 10.1. The second kappa shape index (κ2) is 8.48. The van der Waals surface area contributed by atoms with Gasteiger partial charge in [0, 0.05) is 39.7 Å². The van der Waals surface area contributed by atoms with E-state index >= 15 is 0 Å². The monoisotopic (exact) mass is 363 g/mol. The number of amides is 1. The maximum Gasteiger partial charge on any atom is 0.243 e. The zero-order valence-electron chi connectivity index (χ0n) is 15.9. The predicted octanol–water partition coefficient (Wildman–Crippen LogP) is -0.296. The van der Waals surface area contributed by atoms with Crippen molar-refractivity contribution in [1.29, 1.82) is 0 Å². The summed E-state index contributed by atoms with van der Waals surface area (Å²) in [6, 6.07) is 0.203. The van der Waals surface area contributed by atoms with E-state index < -0.39 is 0 Å². The number of carbonyl (C=O) groups is 1. The van der Waals surface area contributed by atoms with Gasteiger partial charge >= 0.3 is 0 Å². The van der Waals surface area contributed by atoms with Crippen molar-refractivity contribution in [3.63, 3.8) is 0 Å². The second-order valence-corrected chi connectivity index (χ2v) is 7.11. The number of hydrogen-bond acceptors (Lipinski definition) is 5. The molecule has 9 nitrogen and oxygen atoms in total. The standard InChI is InChI=1S/C17H29N7O2/c1-12-20-15-7-6-13(11-24(15)22-12)21-17(19-10-16(25)23(2)3)18-9-14-5-4-8-26-14/h13-14H,4-11H2,1-3H3,(H2,18,19,21). The third kappa shape index (κ3) is 4.94. The van der Waals surface area contributed by atoms with Crippen molar-refractivity contribution >= 4 is 11.9 Å². The normalized spacial score (nSPS) is 22.8. The molecule has 0 saturated carbocycles. The van der Waals surface area contributed by atoms with Gasteiger partial charge in [-0.2, -0.15) is 5.10 Å². The van der Waals surface area contributed by atoms with Gasteiger partial charge in [-0.05, 0) is 26.2 Å². The van der Waals surface area contributed by atoms with Crippen LogP contribution >= 0.6 is 0 Å². The van der Waals surface area contributed by atoms with Crippen molar-refractivity contribution in [1.82, 2.24) is 30.3 Å². The van der Waals surface area contributed by atoms with Crippen LogP contribution in [0.15, 0.2) is 4.99 Å². The van der Waals surface area contributed by atoms with E-state index in [1.807, 2.05) is 11.6 Å². The summed E-state index contributed by atoms with van der Waals surface area (Å²) in [5, 5.41) is 11.2. The van der Waals surface area contributed by atoms with Gasteiger partial charge in [-0.1, -0.05) is 0 Å². The van der Waals surface area contributed by atoms with Gasteiger partial charge in [-0.25, -0.2) is 14.7 Å². The summed E-state index contributed by atoms with van der Waals surface area (Å²) in [6.45, 7) is 4.30. The third-order valence-corrected chi connectivity index (χ3v) is 4.70. The van der Waals surface area contributed by atoms with Gasteiger partial charge < -0.3 is 20.3 Å². The van der Waals surface area contributed by atoms with Crippen molar-refractivity contribution in [2.45, 2.75) is 51.3 Å². The topological polar surface area (TPSA) is 96.7 Å². The molecule has 2 atom stereocenters. The van der Waals surface area contributed by atoms with Crippen molar-refractivity contribution in [3.05, 3.63) is 11.6 Å². The average Bonchev–Trinajstić information content (AvgIpc) is 3.24. The van der Waals surface area contributed by atoms with E-state index in [0.29, 0.717) is 12.5 Å². The first-order valence-corrected chi connectivity index (χ1v) is 9.28. The molecule has 1 amide bonds. The number of aliphatic imine (C=N–C) groups is 1. The fraction of sp³-hybridized carbons (Fsp3) is 0.765. The molecule has 2 N–H and O–H groups in total. The van der Waals surface area contributed by atoms with Crippen LogP contribution in [-0.2, 0) is 22.5 Å². The van der Waals surface area contributed by atoms with Gasteiger partial charge in [-0.3, -0.25) is 4.79 Å². The Balaban J connectivity index is 1.60. The number of nitrogens with one attached hydrogen (secondary N) is 2. The molecular formula is C17H29N7O2. The fourth-order valence-corrected chi connectivity index (χ4v) is 3.20. The Morgan fingerprint density at radius 3 is 3.00 bits per heavy atom. The largest absolute Gasteiger partial charge is 0.376 e. The Bertz CT molecular complexity index is 650. The lowest BCUT2D eigenvalue weighted by Gasteiger charge is -2.26. The lowest BCUT2D eigenvalue weighted by molar-refractivity contribution is -0.127. The summed E-state index contributed by atoms with van der Waals surface area (Å²) in [4.78, 5) is 22.3. The van der Waals surface area contributed by atoms with Crippen molar-refractivity contribution in [2.75, 3.05) is 33.8 Å². The first kappa shape index (κ1) is 18.6. The third-order valence-electron chi connectivity index (χ3n) is 4.70. The number of carbonyl (C=O) groups excluding carboxylic acids is 1. The maximum atomic E-state index is 11.9. The molecule has 1 aromatic rings. The number of aromatic nitrogens is 3. The van der Waals surface area contributed by atoms with Crippen LogP contribution in [0.2, 0.25) is 0 Å². The number of likely N-dealkylation sites (N-methyl/N-ethyl adjacent to an activating group) is 1. The van der Waals surface area contributed by atoms with E-state index in [2.05, 4.69) is 25.7 Å². The van der Waals surface area contributed by atoms with Gasteiger partial charge in [0.2, 0.25) is 5.91 Å². The molecule has 0 spiro atoms. The van der Waals surface area contributed by atoms with Gasteiger partial charge in [0.05, 0.1) is 12.6 Å². The molecular weight excluding hydrogens is 334 g/mol. The van der Waals surface area contributed by atoms with Crippen molar-refractivity contribution < 1.29 is 9.53 Å². The Hall–Kier alpha value is -2.16. The first-order chi connectivity index (χ1) is 12.5. The molecule has 2 aliphatic heterocycles. The van der Waals surface area contributed by atoms with Crippen LogP contribution in [-0.4, -0.2) is 77.5 Å². The molecule has 2 unspecified atom stereocenters. The summed E-state index contributed by atoms with van der Waals surface area (Å²) < 4.78 is 7.62. The predicted molar refractivity (Wildman–Crippen MR) is 98.0 cm³/mol. The van der Waals surface area contributed by atoms with Crippen LogP contribution in [0.1, 0.15) is 30.9 Å². The Kier molecular flexibility index (Phi) is 6.08. The van der Waals surface area contributed by atoms with E-state index in [4.69, 9.17) is 4.74 Å². The van der Waals surface area contributed by atoms with Gasteiger partial charge in [0.15, 0.2) is 5.96 Å². The van der Waals surface area contributed by atoms with E-state index in [-0.39, 0.29) is 24.6 Å². The number of ether oxygens (including phenoxy) is 1. The molecule has 26 heavy (non-hydrogen) atoms. The molecule has 3 rings (SSSR count). The molecule has 0 aliphatic carbocycles. The van der Waals surface area contributed by atoms with Crippen LogP contribution in [0.25, 0.3) is 0 Å². The Morgan fingerprint density at radius 1 is 1.42 bits per heavy atom. The average molecular weight is 363 g/mol. The Labute approximate surface area is 154 Å². The highest BCUT2D eigenvalue weighted by atomic mass is 16.5. The highest BCUT2D eigenvalue weighted by molar-refractivity contribution is 5.84.